The first-order chi connectivity index (χ1) is 4.73. The number of esters is 1. The van der Waals surface area contributed by atoms with Gasteiger partial charge in [0.25, 0.3) is 5.57 Å². The smallest absolute Gasteiger partial charge is 0.424 e. The van der Waals surface area contributed by atoms with E-state index in [4.69, 9.17) is 0 Å². The summed E-state index contributed by atoms with van der Waals surface area (Å²) in [5, 5.41) is 0. The molecule has 0 spiro atoms. The van der Waals surface area contributed by atoms with Crippen LogP contribution in [0.25, 0.3) is 0 Å². The summed E-state index contributed by atoms with van der Waals surface area (Å²) in [7, 11) is 4.59. The van der Waals surface area contributed by atoms with Crippen LogP contribution < -0.4 is 0 Å². The van der Waals surface area contributed by atoms with Crippen LogP contribution in [-0.2, 0) is 9.53 Å². The number of alkyl halides is 4. The highest BCUT2D eigenvalue weighted by Gasteiger charge is 2.58. The Kier molecular flexibility index (Phi) is 2.53. The Labute approximate surface area is 60.9 Å². The summed E-state index contributed by atoms with van der Waals surface area (Å²) in [4.78, 5) is 10.0. The second-order valence-corrected chi connectivity index (χ2v) is 1.70. The second kappa shape index (κ2) is 2.71. The van der Waals surface area contributed by atoms with Crippen molar-refractivity contribution < 1.29 is 27.1 Å². The van der Waals surface area contributed by atoms with Gasteiger partial charge in [-0.1, -0.05) is 0 Å². The highest BCUT2D eigenvalue weighted by atomic mass is 19.4. The molecule has 1 atom stereocenters. The molecule has 0 aromatic carbocycles. The number of halogens is 4. The molecule has 0 aliphatic carbocycles. The molecular formula is C4H3BF4O2. The maximum atomic E-state index is 12.2. The molecule has 0 rings (SSSR count). The van der Waals surface area contributed by atoms with E-state index in [1.165, 1.54) is 0 Å². The Bertz CT molecular complexity index is 164. The van der Waals surface area contributed by atoms with Crippen LogP contribution >= 0.6 is 0 Å². The predicted molar refractivity (Wildman–Crippen MR) is 27.7 cm³/mol. The zero-order valence-corrected chi connectivity index (χ0v) is 5.41. The lowest BCUT2D eigenvalue weighted by atomic mass is 9.83. The van der Waals surface area contributed by atoms with Crippen molar-refractivity contribution in [3.05, 3.63) is 0 Å². The van der Waals surface area contributed by atoms with E-state index in [9.17, 15) is 22.4 Å². The number of carbonyl (C=O) groups excluding carboxylic acids is 1. The number of hydrogen-bond acceptors (Lipinski definition) is 2. The van der Waals surface area contributed by atoms with Crippen LogP contribution in [0.15, 0.2) is 0 Å². The van der Waals surface area contributed by atoms with Gasteiger partial charge >= 0.3 is 12.1 Å². The fourth-order valence-electron chi connectivity index (χ4n) is 0.264. The molecule has 0 aliphatic heterocycles. The molecule has 2 radical (unpaired) electrons. The first-order valence-corrected chi connectivity index (χ1v) is 2.36. The van der Waals surface area contributed by atoms with Crippen molar-refractivity contribution >= 4 is 13.8 Å². The largest absolute Gasteiger partial charge is 0.467 e. The molecule has 0 saturated carbocycles. The number of methoxy groups -OCH3 is 1. The lowest BCUT2D eigenvalue weighted by Gasteiger charge is -2.20. The van der Waals surface area contributed by atoms with Gasteiger partial charge in [-0.15, -0.1) is 0 Å². The zero-order valence-electron chi connectivity index (χ0n) is 5.41. The van der Waals surface area contributed by atoms with Gasteiger partial charge in [0.15, 0.2) is 7.85 Å². The first-order valence-electron chi connectivity index (χ1n) is 2.36. The Balaban J connectivity index is 4.59. The molecule has 0 N–H and O–H groups in total. The minimum atomic E-state index is -5.44. The fraction of sp³-hybridized carbons (Fsp3) is 0.750. The van der Waals surface area contributed by atoms with E-state index < -0.39 is 17.7 Å². The van der Waals surface area contributed by atoms with E-state index in [0.717, 1.165) is 0 Å². The van der Waals surface area contributed by atoms with Gasteiger partial charge in [0.2, 0.25) is 0 Å². The SMILES string of the molecule is [B]C(F)(C(=O)OC)C(F)(F)F. The number of carbonyl (C=O) groups is 1. The monoisotopic (exact) mass is 170 g/mol. The van der Waals surface area contributed by atoms with Crippen LogP contribution in [-0.4, -0.2) is 32.7 Å². The standard InChI is InChI=1S/C4H3BF4O2/c1-11-2(10)3(5,6)4(7,8)9/h1H3. The Morgan fingerprint density at radius 1 is 1.36 bits per heavy atom. The fourth-order valence-corrected chi connectivity index (χ4v) is 0.264. The Hall–Kier alpha value is -0.745. The number of hydrogen-bond donors (Lipinski definition) is 0. The highest BCUT2D eigenvalue weighted by molar-refractivity contribution is 6.26. The molecule has 2 nitrogen and oxygen atoms in total. The average molecular weight is 170 g/mol. The van der Waals surface area contributed by atoms with Crippen molar-refractivity contribution in [2.75, 3.05) is 7.11 Å². The van der Waals surface area contributed by atoms with Crippen molar-refractivity contribution in [1.29, 1.82) is 0 Å². The lowest BCUT2D eigenvalue weighted by molar-refractivity contribution is -0.212. The van der Waals surface area contributed by atoms with Gasteiger partial charge in [0.05, 0.1) is 7.11 Å². The van der Waals surface area contributed by atoms with E-state index in [2.05, 4.69) is 12.6 Å². The van der Waals surface area contributed by atoms with E-state index in [0.29, 0.717) is 7.11 Å². The molecule has 0 aromatic heterocycles. The molecule has 0 saturated heterocycles. The molecule has 11 heavy (non-hydrogen) atoms. The van der Waals surface area contributed by atoms with Crippen LogP contribution in [0, 0.1) is 0 Å². The topological polar surface area (TPSA) is 26.3 Å². The molecule has 62 valence electrons. The summed E-state index contributed by atoms with van der Waals surface area (Å²) in [6.07, 6.45) is -5.44. The van der Waals surface area contributed by atoms with Crippen LogP contribution in [0.5, 0.6) is 0 Å². The van der Waals surface area contributed by atoms with Crippen molar-refractivity contribution in [3.63, 3.8) is 0 Å². The summed E-state index contributed by atoms with van der Waals surface area (Å²) in [6, 6.07) is 0. The van der Waals surface area contributed by atoms with Gasteiger partial charge in [-0.3, -0.25) is 0 Å². The average Bonchev–Trinajstić information content (AvgIpc) is 1.83. The molecular weight excluding hydrogens is 167 g/mol. The van der Waals surface area contributed by atoms with E-state index in [1.807, 2.05) is 0 Å². The van der Waals surface area contributed by atoms with Gasteiger partial charge in [-0.25, -0.2) is 9.18 Å². The summed E-state index contributed by atoms with van der Waals surface area (Å²) >= 11 is 0. The molecule has 0 heterocycles. The van der Waals surface area contributed by atoms with E-state index in [-0.39, 0.29) is 0 Å². The highest BCUT2D eigenvalue weighted by Crippen LogP contribution is 2.31. The van der Waals surface area contributed by atoms with Crippen LogP contribution in [0.1, 0.15) is 0 Å². The summed E-state index contributed by atoms with van der Waals surface area (Å²) in [5.41, 5.74) is -4.41. The summed E-state index contributed by atoms with van der Waals surface area (Å²) in [6.45, 7) is 0. The third-order valence-electron chi connectivity index (χ3n) is 0.895. The molecule has 0 aromatic rings. The molecule has 0 aliphatic rings. The normalized spacial score (nSPS) is 17.2. The molecule has 7 heteroatoms. The summed E-state index contributed by atoms with van der Waals surface area (Å²) in [5.74, 6) is -2.16. The number of rotatable bonds is 1. The second-order valence-electron chi connectivity index (χ2n) is 1.70. The van der Waals surface area contributed by atoms with Gasteiger partial charge in [0.1, 0.15) is 0 Å². The van der Waals surface area contributed by atoms with Gasteiger partial charge in [-0.05, 0) is 0 Å². The lowest BCUT2D eigenvalue weighted by Crippen LogP contribution is -2.49. The van der Waals surface area contributed by atoms with Gasteiger partial charge in [-0.2, -0.15) is 13.2 Å². The van der Waals surface area contributed by atoms with Crippen molar-refractivity contribution in [2.24, 2.45) is 0 Å². The molecule has 0 bridgehead atoms. The quantitative estimate of drug-likeness (QED) is 0.326. The first kappa shape index (κ1) is 10.3. The molecule has 0 amide bonds. The number of ether oxygens (including phenoxy) is 1. The van der Waals surface area contributed by atoms with Crippen LogP contribution in [0.3, 0.4) is 0 Å². The third-order valence-corrected chi connectivity index (χ3v) is 0.895. The Morgan fingerprint density at radius 2 is 1.73 bits per heavy atom. The zero-order chi connectivity index (χ0) is 9.28. The predicted octanol–water partition coefficient (Wildman–Crippen LogP) is 0.556. The minimum absolute atomic E-state index is 0.606. The van der Waals surface area contributed by atoms with Crippen LogP contribution in [0.4, 0.5) is 17.6 Å². The minimum Gasteiger partial charge on any atom is -0.467 e. The summed E-state index contributed by atoms with van der Waals surface area (Å²) < 4.78 is 50.1. The van der Waals surface area contributed by atoms with Crippen molar-refractivity contribution in [1.82, 2.24) is 0 Å². The van der Waals surface area contributed by atoms with Crippen molar-refractivity contribution in [2.45, 2.75) is 11.7 Å². The van der Waals surface area contributed by atoms with E-state index in [1.54, 1.807) is 0 Å². The van der Waals surface area contributed by atoms with Gasteiger partial charge < -0.3 is 4.74 Å². The molecule has 0 fully saturated rings. The maximum Gasteiger partial charge on any atom is 0.424 e. The maximum absolute atomic E-state index is 12.2. The van der Waals surface area contributed by atoms with Crippen LogP contribution in [0.2, 0.25) is 0 Å². The van der Waals surface area contributed by atoms with E-state index >= 15 is 0 Å². The van der Waals surface area contributed by atoms with Gasteiger partial charge in [0, 0.05) is 0 Å². The Morgan fingerprint density at radius 3 is 1.82 bits per heavy atom. The third kappa shape index (κ3) is 1.84. The molecule has 1 unspecified atom stereocenters. The van der Waals surface area contributed by atoms with Crippen molar-refractivity contribution in [3.8, 4) is 0 Å².